The van der Waals surface area contributed by atoms with Gasteiger partial charge in [-0.25, -0.2) is 14.1 Å². The fourth-order valence-corrected chi connectivity index (χ4v) is 3.00. The minimum atomic E-state index is -0.721. The van der Waals surface area contributed by atoms with Crippen molar-refractivity contribution < 1.29 is 18.7 Å². The summed E-state index contributed by atoms with van der Waals surface area (Å²) >= 11 is 4.04. The summed E-state index contributed by atoms with van der Waals surface area (Å²) in [7, 11) is 3.85. The molecule has 0 unspecified atom stereocenters. The Morgan fingerprint density at radius 3 is 2.65 bits per heavy atom. The van der Waals surface area contributed by atoms with Crippen LogP contribution in [-0.2, 0) is 0 Å². The van der Waals surface area contributed by atoms with Crippen LogP contribution < -0.4 is 15.0 Å². The van der Waals surface area contributed by atoms with Gasteiger partial charge >= 0.3 is 11.9 Å². The van der Waals surface area contributed by atoms with Gasteiger partial charge in [-0.1, -0.05) is 32.6 Å². The van der Waals surface area contributed by atoms with E-state index in [-0.39, 0.29) is 5.76 Å². The van der Waals surface area contributed by atoms with Crippen molar-refractivity contribution in [1.29, 1.82) is 0 Å². The van der Waals surface area contributed by atoms with Crippen LogP contribution in [0.1, 0.15) is 36.7 Å². The van der Waals surface area contributed by atoms with E-state index >= 15 is 0 Å². The van der Waals surface area contributed by atoms with Gasteiger partial charge in [-0.3, -0.25) is 4.79 Å². The summed E-state index contributed by atoms with van der Waals surface area (Å²) in [5.41, 5.74) is 1.94. The molecular formula is C22H26N4O4S. The van der Waals surface area contributed by atoms with Gasteiger partial charge in [0.15, 0.2) is 5.76 Å². The van der Waals surface area contributed by atoms with Crippen LogP contribution in [0, 0.1) is 0 Å². The number of aromatic nitrogens is 1. The van der Waals surface area contributed by atoms with Crippen molar-refractivity contribution in [2.45, 2.75) is 26.2 Å². The summed E-state index contributed by atoms with van der Waals surface area (Å²) in [6.07, 6.45) is 4.64. The molecule has 3 amide bonds. The molecule has 0 atom stereocenters. The molecule has 0 aliphatic heterocycles. The van der Waals surface area contributed by atoms with Crippen molar-refractivity contribution in [2.24, 2.45) is 0 Å². The lowest BCUT2D eigenvalue weighted by atomic mass is 10.2. The zero-order valence-electron chi connectivity index (χ0n) is 17.8. The first-order valence-electron chi connectivity index (χ1n) is 10.0. The van der Waals surface area contributed by atoms with Crippen LogP contribution in [-0.4, -0.2) is 41.9 Å². The average molecular weight is 443 g/mol. The molecular weight excluding hydrogens is 416 g/mol. The number of benzene rings is 1. The van der Waals surface area contributed by atoms with E-state index in [2.05, 4.69) is 30.0 Å². The fraction of sp³-hybridized carbons (Fsp3) is 0.318. The van der Waals surface area contributed by atoms with E-state index in [1.54, 1.807) is 24.3 Å². The van der Waals surface area contributed by atoms with Gasteiger partial charge in [0.2, 0.25) is 5.88 Å². The van der Waals surface area contributed by atoms with Crippen LogP contribution in [0.15, 0.2) is 47.0 Å². The highest BCUT2D eigenvalue weighted by Crippen LogP contribution is 2.25. The SMILES string of the molecule is CCCCCOc1ccc(NC(=O)N(S)C(=O)c2cc3cc(N(C)C)ccc3o2)cn1. The van der Waals surface area contributed by atoms with Gasteiger partial charge in [-0.05, 0) is 36.8 Å². The van der Waals surface area contributed by atoms with Crippen molar-refractivity contribution >= 4 is 47.1 Å². The summed E-state index contributed by atoms with van der Waals surface area (Å²) in [6.45, 7) is 2.72. The summed E-state index contributed by atoms with van der Waals surface area (Å²) in [5.74, 6) is -0.176. The topological polar surface area (TPSA) is 87.9 Å². The van der Waals surface area contributed by atoms with E-state index in [1.807, 2.05) is 31.1 Å². The minimum absolute atomic E-state index is 0.0185. The quantitative estimate of drug-likeness (QED) is 0.378. The first-order chi connectivity index (χ1) is 14.9. The number of anilines is 2. The molecule has 164 valence electrons. The third kappa shape index (κ3) is 5.69. The molecule has 0 aliphatic carbocycles. The summed E-state index contributed by atoms with van der Waals surface area (Å²) in [5, 5.41) is 3.34. The molecule has 31 heavy (non-hydrogen) atoms. The molecule has 3 rings (SSSR count). The second kappa shape index (κ2) is 10.2. The first kappa shape index (κ1) is 22.5. The lowest BCUT2D eigenvalue weighted by Gasteiger charge is -2.13. The standard InChI is InChI=1S/C22H26N4O4S/c1-4-5-6-11-29-20-10-7-16(14-23-20)24-22(28)26(31)21(27)19-13-15-12-17(25(2)3)8-9-18(15)30-19/h7-10,12-14,31H,4-6,11H2,1-3H3,(H,24,28). The average Bonchev–Trinajstić information content (AvgIpc) is 3.20. The lowest BCUT2D eigenvalue weighted by Crippen LogP contribution is -2.32. The molecule has 0 saturated carbocycles. The number of hydrogen-bond acceptors (Lipinski definition) is 7. The number of nitrogens with zero attached hydrogens (tertiary/aromatic N) is 3. The Labute approximate surface area is 186 Å². The molecule has 8 nitrogen and oxygen atoms in total. The summed E-state index contributed by atoms with van der Waals surface area (Å²) < 4.78 is 11.8. The molecule has 0 fully saturated rings. The second-order valence-corrected chi connectivity index (χ2v) is 7.61. The predicted molar refractivity (Wildman–Crippen MR) is 124 cm³/mol. The first-order valence-corrected chi connectivity index (χ1v) is 10.4. The van der Waals surface area contributed by atoms with Crippen LogP contribution in [0.25, 0.3) is 11.0 Å². The highest BCUT2D eigenvalue weighted by molar-refractivity contribution is 7.79. The monoisotopic (exact) mass is 442 g/mol. The van der Waals surface area contributed by atoms with Gasteiger partial charge < -0.3 is 19.4 Å². The van der Waals surface area contributed by atoms with Crippen LogP contribution in [0.5, 0.6) is 5.88 Å². The fourth-order valence-electron chi connectivity index (χ4n) is 2.86. The highest BCUT2D eigenvalue weighted by Gasteiger charge is 2.23. The van der Waals surface area contributed by atoms with Crippen molar-refractivity contribution in [1.82, 2.24) is 9.29 Å². The van der Waals surface area contributed by atoms with Crippen molar-refractivity contribution in [3.63, 3.8) is 0 Å². The maximum Gasteiger partial charge on any atom is 0.339 e. The minimum Gasteiger partial charge on any atom is -0.478 e. The van der Waals surface area contributed by atoms with Crippen LogP contribution in [0.3, 0.4) is 0 Å². The van der Waals surface area contributed by atoms with Crippen molar-refractivity contribution in [3.8, 4) is 5.88 Å². The number of urea groups is 1. The molecule has 0 bridgehead atoms. The number of ether oxygens (including phenoxy) is 1. The van der Waals surface area contributed by atoms with Gasteiger partial charge in [0.05, 0.1) is 18.5 Å². The number of carbonyl (C=O) groups excluding carboxylic acids is 2. The van der Waals surface area contributed by atoms with Gasteiger partial charge in [-0.15, -0.1) is 0 Å². The Hall–Kier alpha value is -3.20. The van der Waals surface area contributed by atoms with E-state index in [0.29, 0.717) is 28.1 Å². The number of nitrogens with one attached hydrogen (secondary N) is 1. The number of furan rings is 1. The summed E-state index contributed by atoms with van der Waals surface area (Å²) in [4.78, 5) is 31.2. The predicted octanol–water partition coefficient (Wildman–Crippen LogP) is 4.98. The van der Waals surface area contributed by atoms with Crippen LogP contribution in [0.2, 0.25) is 0 Å². The second-order valence-electron chi connectivity index (χ2n) is 7.21. The molecule has 0 spiro atoms. The Kier molecular flexibility index (Phi) is 7.41. The van der Waals surface area contributed by atoms with Gasteiger partial charge in [0.25, 0.3) is 0 Å². The lowest BCUT2D eigenvalue weighted by molar-refractivity contribution is 0.0875. The maximum atomic E-state index is 12.6. The van der Waals surface area contributed by atoms with E-state index in [0.717, 1.165) is 30.3 Å². The Morgan fingerprint density at radius 2 is 1.97 bits per heavy atom. The molecule has 2 heterocycles. The molecule has 0 aliphatic rings. The molecule has 1 aromatic carbocycles. The Bertz CT molecular complexity index is 1050. The number of thiol groups is 1. The highest BCUT2D eigenvalue weighted by atomic mass is 32.1. The smallest absolute Gasteiger partial charge is 0.339 e. The molecule has 1 N–H and O–H groups in total. The van der Waals surface area contributed by atoms with E-state index in [1.165, 1.54) is 6.20 Å². The number of amides is 3. The van der Waals surface area contributed by atoms with Crippen LogP contribution in [0.4, 0.5) is 16.2 Å². The third-order valence-electron chi connectivity index (χ3n) is 4.60. The molecule has 3 aromatic rings. The van der Waals surface area contributed by atoms with Crippen LogP contribution >= 0.6 is 12.8 Å². The maximum absolute atomic E-state index is 12.6. The molecule has 0 radical (unpaired) electrons. The largest absolute Gasteiger partial charge is 0.478 e. The van der Waals surface area contributed by atoms with Gasteiger partial charge in [0.1, 0.15) is 5.58 Å². The Balaban J connectivity index is 1.61. The molecule has 9 heteroatoms. The number of imide groups is 1. The van der Waals surface area contributed by atoms with Gasteiger partial charge in [0, 0.05) is 31.2 Å². The number of unbranched alkanes of at least 4 members (excludes halogenated alkanes) is 2. The summed E-state index contributed by atoms with van der Waals surface area (Å²) in [6, 6.07) is 9.74. The zero-order valence-corrected chi connectivity index (χ0v) is 18.7. The van der Waals surface area contributed by atoms with E-state index < -0.39 is 11.9 Å². The van der Waals surface area contributed by atoms with E-state index in [9.17, 15) is 9.59 Å². The Morgan fingerprint density at radius 1 is 1.16 bits per heavy atom. The number of carbonyl (C=O) groups is 2. The number of fused-ring (bicyclic) bond motifs is 1. The number of pyridine rings is 1. The molecule has 0 saturated heterocycles. The van der Waals surface area contributed by atoms with Crippen molar-refractivity contribution in [3.05, 3.63) is 48.4 Å². The van der Waals surface area contributed by atoms with Gasteiger partial charge in [-0.2, -0.15) is 0 Å². The normalized spacial score (nSPS) is 10.7. The van der Waals surface area contributed by atoms with Crippen molar-refractivity contribution in [2.75, 3.05) is 30.9 Å². The number of rotatable bonds is 8. The number of hydrogen-bond donors (Lipinski definition) is 2. The third-order valence-corrected chi connectivity index (χ3v) is 4.96. The molecule has 2 aromatic heterocycles. The zero-order chi connectivity index (χ0) is 22.4. The van der Waals surface area contributed by atoms with E-state index in [4.69, 9.17) is 9.15 Å².